The largest absolute Gasteiger partial charge is 0.451 e. The highest BCUT2D eigenvalue weighted by Crippen LogP contribution is 2.24. The van der Waals surface area contributed by atoms with Gasteiger partial charge in [0.1, 0.15) is 5.58 Å². The lowest BCUT2D eigenvalue weighted by molar-refractivity contribution is 0.0702. The van der Waals surface area contributed by atoms with Crippen LogP contribution in [-0.4, -0.2) is 39.5 Å². The fourth-order valence-electron chi connectivity index (χ4n) is 3.23. The molecule has 0 saturated carbocycles. The summed E-state index contributed by atoms with van der Waals surface area (Å²) in [5.41, 5.74) is 2.60. The molecular weight excluding hydrogens is 344 g/mol. The molecule has 0 fully saturated rings. The monoisotopic (exact) mass is 362 g/mol. The minimum Gasteiger partial charge on any atom is -0.451 e. The van der Waals surface area contributed by atoms with Crippen LogP contribution in [0.3, 0.4) is 0 Å². The number of hydrogen-bond donors (Lipinski definition) is 2. The average Bonchev–Trinajstić information content (AvgIpc) is 3.30. The van der Waals surface area contributed by atoms with Crippen molar-refractivity contribution in [3.05, 3.63) is 53.0 Å². The Hall–Kier alpha value is -3.53. The van der Waals surface area contributed by atoms with E-state index in [4.69, 9.17) is 10.8 Å². The average molecular weight is 362 g/mol. The van der Waals surface area contributed by atoms with Crippen molar-refractivity contribution in [2.75, 3.05) is 6.54 Å². The maximum absolute atomic E-state index is 12.8. The van der Waals surface area contributed by atoms with Crippen LogP contribution in [0.5, 0.6) is 0 Å². The normalized spacial score (nSPS) is 14.4. The predicted octanol–water partition coefficient (Wildman–Crippen LogP) is 2.11. The van der Waals surface area contributed by atoms with E-state index in [0.29, 0.717) is 36.5 Å². The Labute approximate surface area is 155 Å². The summed E-state index contributed by atoms with van der Waals surface area (Å²) in [6.07, 6.45) is 5.83. The van der Waals surface area contributed by atoms with E-state index in [2.05, 4.69) is 21.4 Å². The molecule has 2 amide bonds. The fraction of sp³-hybridized carbons (Fsp3) is 0.250. The summed E-state index contributed by atoms with van der Waals surface area (Å²) in [5.74, 6) is 2.27. The molecule has 0 bridgehead atoms. The maximum atomic E-state index is 12.8. The molecule has 0 radical (unpaired) electrons. The van der Waals surface area contributed by atoms with Crippen LogP contribution in [0.15, 0.2) is 34.7 Å². The van der Waals surface area contributed by atoms with Crippen LogP contribution in [0.4, 0.5) is 0 Å². The number of nitrogens with zero attached hydrogens (tertiary/aromatic N) is 2. The van der Waals surface area contributed by atoms with Gasteiger partial charge < -0.3 is 14.6 Å². The van der Waals surface area contributed by atoms with Gasteiger partial charge in [0.25, 0.3) is 11.8 Å². The minimum atomic E-state index is -0.375. The number of nitrogens with one attached hydrogen (secondary N) is 2. The smallest absolute Gasteiger partial charge is 0.289 e. The van der Waals surface area contributed by atoms with Gasteiger partial charge in [0, 0.05) is 17.5 Å². The Morgan fingerprint density at radius 1 is 1.41 bits per heavy atom. The van der Waals surface area contributed by atoms with Crippen molar-refractivity contribution in [1.82, 2.24) is 20.4 Å². The number of H-pyrrole nitrogens is 1. The molecule has 7 nitrogen and oxygen atoms in total. The minimum absolute atomic E-state index is 0.182. The molecule has 3 heterocycles. The van der Waals surface area contributed by atoms with E-state index in [0.717, 1.165) is 16.6 Å². The molecular formula is C20H18N4O3. The number of rotatable bonds is 3. The van der Waals surface area contributed by atoms with Gasteiger partial charge in [-0.1, -0.05) is 24.1 Å². The number of fused-ring (bicyclic) bond motifs is 2. The summed E-state index contributed by atoms with van der Waals surface area (Å²) in [7, 11) is 0. The molecule has 0 aliphatic carbocycles. The lowest BCUT2D eigenvalue weighted by Gasteiger charge is -2.26. The standard InChI is InChI=1S/C20H18N4O3/c1-3-12(2)21-19(25)18-14-8-9-24(11-15(14)22-23-18)20(26)17-10-13-6-4-5-7-16(13)27-17/h1,4-7,10,12H,8-9,11H2,2H3,(H,21,25)(H,22,23). The molecule has 1 aromatic carbocycles. The van der Waals surface area contributed by atoms with E-state index >= 15 is 0 Å². The third kappa shape index (κ3) is 3.06. The van der Waals surface area contributed by atoms with Gasteiger partial charge in [-0.05, 0) is 25.5 Å². The summed E-state index contributed by atoms with van der Waals surface area (Å²) in [6.45, 7) is 2.55. The molecule has 2 N–H and O–H groups in total. The SMILES string of the molecule is C#CC(C)NC(=O)c1n[nH]c2c1CCN(C(=O)c1cc3ccccc3o1)C2. The first-order chi connectivity index (χ1) is 13.1. The van der Waals surface area contributed by atoms with Crippen LogP contribution < -0.4 is 5.32 Å². The molecule has 1 aliphatic heterocycles. The summed E-state index contributed by atoms with van der Waals surface area (Å²) in [6, 6.07) is 8.88. The summed E-state index contributed by atoms with van der Waals surface area (Å²) in [5, 5.41) is 10.6. The lowest BCUT2D eigenvalue weighted by atomic mass is 10.0. The van der Waals surface area contributed by atoms with Gasteiger partial charge in [0.05, 0.1) is 18.3 Å². The molecule has 4 rings (SSSR count). The van der Waals surface area contributed by atoms with Crippen molar-refractivity contribution >= 4 is 22.8 Å². The van der Waals surface area contributed by atoms with E-state index < -0.39 is 0 Å². The highest BCUT2D eigenvalue weighted by molar-refractivity contribution is 5.97. The molecule has 2 aromatic heterocycles. The number of carbonyl (C=O) groups excluding carboxylic acids is 2. The Kier molecular flexibility index (Phi) is 4.16. The van der Waals surface area contributed by atoms with Crippen molar-refractivity contribution in [1.29, 1.82) is 0 Å². The van der Waals surface area contributed by atoms with Gasteiger partial charge in [-0.15, -0.1) is 6.42 Å². The van der Waals surface area contributed by atoms with Crippen LogP contribution in [0.1, 0.15) is 39.2 Å². The van der Waals surface area contributed by atoms with Crippen LogP contribution in [0, 0.1) is 12.3 Å². The van der Waals surface area contributed by atoms with E-state index in [1.807, 2.05) is 24.3 Å². The van der Waals surface area contributed by atoms with Gasteiger partial charge in [0.2, 0.25) is 0 Å². The lowest BCUT2D eigenvalue weighted by Crippen LogP contribution is -2.37. The molecule has 7 heteroatoms. The van der Waals surface area contributed by atoms with Crippen molar-refractivity contribution in [3.63, 3.8) is 0 Å². The van der Waals surface area contributed by atoms with Gasteiger partial charge in [-0.2, -0.15) is 5.10 Å². The summed E-state index contributed by atoms with van der Waals surface area (Å²) < 4.78 is 5.67. The van der Waals surface area contributed by atoms with Gasteiger partial charge >= 0.3 is 0 Å². The van der Waals surface area contributed by atoms with Crippen molar-refractivity contribution < 1.29 is 14.0 Å². The highest BCUT2D eigenvalue weighted by atomic mass is 16.3. The van der Waals surface area contributed by atoms with E-state index in [9.17, 15) is 9.59 Å². The number of amides is 2. The molecule has 0 spiro atoms. The Balaban J connectivity index is 1.53. The van der Waals surface area contributed by atoms with E-state index in [1.54, 1.807) is 17.9 Å². The van der Waals surface area contributed by atoms with Crippen LogP contribution in [0.2, 0.25) is 0 Å². The highest BCUT2D eigenvalue weighted by Gasteiger charge is 2.29. The second kappa shape index (κ2) is 6.65. The molecule has 3 aromatic rings. The van der Waals surface area contributed by atoms with E-state index in [-0.39, 0.29) is 17.9 Å². The third-order valence-corrected chi connectivity index (χ3v) is 4.67. The Morgan fingerprint density at radius 2 is 2.22 bits per heavy atom. The van der Waals surface area contributed by atoms with Gasteiger partial charge in [-0.3, -0.25) is 14.7 Å². The van der Waals surface area contributed by atoms with Crippen molar-refractivity contribution in [3.8, 4) is 12.3 Å². The molecule has 1 aliphatic rings. The molecule has 136 valence electrons. The first-order valence-electron chi connectivity index (χ1n) is 8.67. The van der Waals surface area contributed by atoms with Crippen molar-refractivity contribution in [2.24, 2.45) is 0 Å². The zero-order chi connectivity index (χ0) is 19.0. The van der Waals surface area contributed by atoms with Crippen molar-refractivity contribution in [2.45, 2.75) is 25.9 Å². The zero-order valence-electron chi connectivity index (χ0n) is 14.8. The number of furan rings is 1. The number of hydrogen-bond acceptors (Lipinski definition) is 4. The molecule has 0 saturated heterocycles. The third-order valence-electron chi connectivity index (χ3n) is 4.67. The van der Waals surface area contributed by atoms with Crippen LogP contribution in [-0.2, 0) is 13.0 Å². The quantitative estimate of drug-likeness (QED) is 0.698. The van der Waals surface area contributed by atoms with Gasteiger partial charge in [0.15, 0.2) is 11.5 Å². The second-order valence-corrected chi connectivity index (χ2v) is 6.52. The first-order valence-corrected chi connectivity index (χ1v) is 8.67. The number of carbonyl (C=O) groups is 2. The van der Waals surface area contributed by atoms with Crippen LogP contribution >= 0.6 is 0 Å². The number of aromatic nitrogens is 2. The van der Waals surface area contributed by atoms with Crippen LogP contribution in [0.25, 0.3) is 11.0 Å². The maximum Gasteiger partial charge on any atom is 0.289 e. The molecule has 1 atom stereocenters. The number of para-hydroxylation sites is 1. The molecule has 1 unspecified atom stereocenters. The topological polar surface area (TPSA) is 91.2 Å². The number of benzene rings is 1. The van der Waals surface area contributed by atoms with E-state index in [1.165, 1.54) is 0 Å². The fourth-order valence-corrected chi connectivity index (χ4v) is 3.23. The Morgan fingerprint density at radius 3 is 3.00 bits per heavy atom. The first kappa shape index (κ1) is 16.9. The summed E-state index contributed by atoms with van der Waals surface area (Å²) >= 11 is 0. The predicted molar refractivity (Wildman–Crippen MR) is 99.0 cm³/mol. The zero-order valence-corrected chi connectivity index (χ0v) is 14.8. The Bertz CT molecular complexity index is 1040. The number of aromatic amines is 1. The number of terminal acetylenes is 1. The van der Waals surface area contributed by atoms with Gasteiger partial charge in [-0.25, -0.2) is 0 Å². The molecule has 27 heavy (non-hydrogen) atoms. The second-order valence-electron chi connectivity index (χ2n) is 6.52. The summed E-state index contributed by atoms with van der Waals surface area (Å²) in [4.78, 5) is 26.8.